The molecule has 0 fully saturated rings. The summed E-state index contributed by atoms with van der Waals surface area (Å²) in [5.74, 6) is 0.729. The Bertz CT molecular complexity index is 981. The topological polar surface area (TPSA) is 45.7 Å². The molecule has 6 heteroatoms. The molecule has 0 atom stereocenters. The zero-order valence-corrected chi connectivity index (χ0v) is 18.0. The van der Waals surface area contributed by atoms with Crippen LogP contribution in [0.25, 0.3) is 10.2 Å². The molecule has 3 aromatic rings. The van der Waals surface area contributed by atoms with Crippen molar-refractivity contribution in [2.45, 2.75) is 20.3 Å². The molecule has 0 N–H and O–H groups in total. The quantitative estimate of drug-likeness (QED) is 0.588. The van der Waals surface area contributed by atoms with Gasteiger partial charge in [0.25, 0.3) is 5.91 Å². The number of fused-ring (bicyclic) bond motifs is 1. The Labute approximate surface area is 170 Å². The van der Waals surface area contributed by atoms with Crippen LogP contribution in [0.4, 0.5) is 5.13 Å². The summed E-state index contributed by atoms with van der Waals surface area (Å²) in [6.45, 7) is 5.55. The number of hydrogen-bond acceptors (Lipinski definition) is 5. The Morgan fingerprint density at radius 1 is 1.07 bits per heavy atom. The smallest absolute Gasteiger partial charge is 0.260 e. The van der Waals surface area contributed by atoms with Gasteiger partial charge in [0, 0.05) is 12.1 Å². The second-order valence-corrected chi connectivity index (χ2v) is 8.16. The predicted octanol–water partition coefficient (Wildman–Crippen LogP) is 4.52. The van der Waals surface area contributed by atoms with Crippen molar-refractivity contribution in [3.05, 3.63) is 53.1 Å². The SMILES string of the molecule is COc1ccc(C)c2sc(N(CCCN(C)C)C(=O)c3ccccc3C)nc12. The molecular formula is C22H27N3O2S. The van der Waals surface area contributed by atoms with Gasteiger partial charge in [-0.05, 0) is 64.2 Å². The van der Waals surface area contributed by atoms with E-state index in [-0.39, 0.29) is 5.91 Å². The monoisotopic (exact) mass is 397 g/mol. The number of aryl methyl sites for hydroxylation is 2. The van der Waals surface area contributed by atoms with Crippen LogP contribution in [-0.2, 0) is 0 Å². The lowest BCUT2D eigenvalue weighted by Gasteiger charge is -2.21. The van der Waals surface area contributed by atoms with Gasteiger partial charge in [0.15, 0.2) is 5.13 Å². The van der Waals surface area contributed by atoms with E-state index in [0.29, 0.717) is 6.54 Å². The Morgan fingerprint density at radius 3 is 2.50 bits per heavy atom. The van der Waals surface area contributed by atoms with Gasteiger partial charge in [0.05, 0.1) is 11.8 Å². The highest BCUT2D eigenvalue weighted by Crippen LogP contribution is 2.37. The Kier molecular flexibility index (Phi) is 6.31. The number of aromatic nitrogens is 1. The highest BCUT2D eigenvalue weighted by Gasteiger charge is 2.23. The first-order valence-corrected chi connectivity index (χ1v) is 10.2. The van der Waals surface area contributed by atoms with Crippen molar-refractivity contribution in [3.63, 3.8) is 0 Å². The van der Waals surface area contributed by atoms with Crippen LogP contribution in [0.2, 0.25) is 0 Å². The number of methoxy groups -OCH3 is 1. The van der Waals surface area contributed by atoms with Crippen LogP contribution in [0, 0.1) is 13.8 Å². The molecule has 0 spiro atoms. The van der Waals surface area contributed by atoms with Gasteiger partial charge in [-0.1, -0.05) is 35.6 Å². The van der Waals surface area contributed by atoms with Crippen molar-refractivity contribution in [1.29, 1.82) is 0 Å². The van der Waals surface area contributed by atoms with Crippen LogP contribution < -0.4 is 9.64 Å². The fraction of sp³-hybridized carbons (Fsp3) is 0.364. The number of anilines is 1. The number of hydrogen-bond donors (Lipinski definition) is 0. The van der Waals surface area contributed by atoms with Gasteiger partial charge in [-0.25, -0.2) is 4.98 Å². The van der Waals surface area contributed by atoms with E-state index in [1.807, 2.05) is 62.3 Å². The standard InChI is InChI=1S/C22H27N3O2S/c1-15-9-6-7-10-17(15)21(26)25(14-8-13-24(3)4)22-23-19-18(27-5)12-11-16(2)20(19)28-22/h6-7,9-12H,8,13-14H2,1-5H3. The van der Waals surface area contributed by atoms with Gasteiger partial charge in [-0.3, -0.25) is 9.69 Å². The number of carbonyl (C=O) groups excluding carboxylic acids is 1. The second kappa shape index (κ2) is 8.71. The van der Waals surface area contributed by atoms with E-state index in [2.05, 4.69) is 11.8 Å². The molecule has 5 nitrogen and oxygen atoms in total. The molecule has 0 aliphatic rings. The van der Waals surface area contributed by atoms with E-state index >= 15 is 0 Å². The molecule has 28 heavy (non-hydrogen) atoms. The maximum absolute atomic E-state index is 13.4. The molecule has 0 aliphatic carbocycles. The van der Waals surface area contributed by atoms with Gasteiger partial charge in [0.2, 0.25) is 0 Å². The van der Waals surface area contributed by atoms with E-state index in [9.17, 15) is 4.79 Å². The van der Waals surface area contributed by atoms with Crippen molar-refractivity contribution in [2.75, 3.05) is 39.2 Å². The maximum atomic E-state index is 13.4. The van der Waals surface area contributed by atoms with Crippen LogP contribution in [0.5, 0.6) is 5.75 Å². The zero-order chi connectivity index (χ0) is 20.3. The number of carbonyl (C=O) groups is 1. The van der Waals surface area contributed by atoms with Crippen LogP contribution in [0.1, 0.15) is 27.9 Å². The molecule has 1 amide bonds. The first-order valence-electron chi connectivity index (χ1n) is 9.38. The summed E-state index contributed by atoms with van der Waals surface area (Å²) < 4.78 is 6.55. The van der Waals surface area contributed by atoms with Gasteiger partial charge in [-0.15, -0.1) is 0 Å². The van der Waals surface area contributed by atoms with Crippen LogP contribution >= 0.6 is 11.3 Å². The normalized spacial score (nSPS) is 11.2. The van der Waals surface area contributed by atoms with Crippen molar-refractivity contribution in [3.8, 4) is 5.75 Å². The number of ether oxygens (including phenoxy) is 1. The highest BCUT2D eigenvalue weighted by atomic mass is 32.1. The van der Waals surface area contributed by atoms with Gasteiger partial charge >= 0.3 is 0 Å². The number of nitrogens with zero attached hydrogens (tertiary/aromatic N) is 3. The molecule has 0 saturated heterocycles. The van der Waals surface area contributed by atoms with Crippen LogP contribution in [0.3, 0.4) is 0 Å². The molecule has 3 rings (SSSR count). The van der Waals surface area contributed by atoms with E-state index in [4.69, 9.17) is 9.72 Å². The first kappa shape index (κ1) is 20.3. The molecule has 1 heterocycles. The summed E-state index contributed by atoms with van der Waals surface area (Å²) in [4.78, 5) is 22.2. The molecule has 2 aromatic carbocycles. The van der Waals surface area contributed by atoms with Crippen molar-refractivity contribution in [1.82, 2.24) is 9.88 Å². The van der Waals surface area contributed by atoms with E-state index < -0.39 is 0 Å². The van der Waals surface area contributed by atoms with Crippen molar-refractivity contribution < 1.29 is 9.53 Å². The summed E-state index contributed by atoms with van der Waals surface area (Å²) in [7, 11) is 5.73. The van der Waals surface area contributed by atoms with E-state index in [1.54, 1.807) is 18.4 Å². The summed E-state index contributed by atoms with van der Waals surface area (Å²) in [6.07, 6.45) is 0.872. The van der Waals surface area contributed by atoms with Gasteiger partial charge < -0.3 is 9.64 Å². The van der Waals surface area contributed by atoms with Crippen molar-refractivity contribution in [2.24, 2.45) is 0 Å². The second-order valence-electron chi connectivity index (χ2n) is 7.19. The largest absolute Gasteiger partial charge is 0.494 e. The maximum Gasteiger partial charge on any atom is 0.260 e. The van der Waals surface area contributed by atoms with Crippen LogP contribution in [-0.4, -0.2) is 50.1 Å². The average Bonchev–Trinajstić information content (AvgIpc) is 3.11. The van der Waals surface area contributed by atoms with Gasteiger partial charge in [0.1, 0.15) is 11.3 Å². The minimum absolute atomic E-state index is 0.00691. The number of rotatable bonds is 7. The average molecular weight is 398 g/mol. The summed E-state index contributed by atoms with van der Waals surface area (Å²) in [6, 6.07) is 11.7. The summed E-state index contributed by atoms with van der Waals surface area (Å²) >= 11 is 1.55. The first-order chi connectivity index (χ1) is 13.4. The Hall–Kier alpha value is -2.44. The summed E-state index contributed by atoms with van der Waals surface area (Å²) in [5.41, 5.74) is 3.64. The molecule has 0 unspecified atom stereocenters. The minimum atomic E-state index is -0.00691. The molecule has 0 bridgehead atoms. The van der Waals surface area contributed by atoms with E-state index in [0.717, 1.165) is 50.8 Å². The molecular weight excluding hydrogens is 370 g/mol. The lowest BCUT2D eigenvalue weighted by molar-refractivity contribution is 0.0985. The van der Waals surface area contributed by atoms with Gasteiger partial charge in [-0.2, -0.15) is 0 Å². The Balaban J connectivity index is 2.03. The molecule has 0 aliphatic heterocycles. The fourth-order valence-electron chi connectivity index (χ4n) is 3.17. The number of thiazole rings is 1. The molecule has 1 aromatic heterocycles. The molecule has 148 valence electrons. The number of benzene rings is 2. The fourth-order valence-corrected chi connectivity index (χ4v) is 4.24. The predicted molar refractivity (Wildman–Crippen MR) is 117 cm³/mol. The molecule has 0 saturated carbocycles. The lowest BCUT2D eigenvalue weighted by atomic mass is 10.1. The van der Waals surface area contributed by atoms with Crippen molar-refractivity contribution >= 4 is 32.6 Å². The third-order valence-corrected chi connectivity index (χ3v) is 5.96. The summed E-state index contributed by atoms with van der Waals surface area (Å²) in [5, 5.41) is 0.717. The Morgan fingerprint density at radius 2 is 1.82 bits per heavy atom. The number of amides is 1. The highest BCUT2D eigenvalue weighted by molar-refractivity contribution is 7.22. The minimum Gasteiger partial charge on any atom is -0.494 e. The lowest BCUT2D eigenvalue weighted by Crippen LogP contribution is -2.33. The molecule has 0 radical (unpaired) electrons. The zero-order valence-electron chi connectivity index (χ0n) is 17.2. The third kappa shape index (κ3) is 4.18. The third-order valence-electron chi connectivity index (χ3n) is 4.75. The van der Waals surface area contributed by atoms with Crippen LogP contribution in [0.15, 0.2) is 36.4 Å². The van der Waals surface area contributed by atoms with E-state index in [1.165, 1.54) is 0 Å².